The topological polar surface area (TPSA) is 148 Å². The van der Waals surface area contributed by atoms with Crippen molar-refractivity contribution in [3.05, 3.63) is 88.6 Å². The third-order valence-electron chi connectivity index (χ3n) is 3.41. The first-order valence-corrected chi connectivity index (χ1v) is 10.1. The van der Waals surface area contributed by atoms with Crippen molar-refractivity contribution in [3.63, 3.8) is 0 Å². The molecule has 4 aromatic rings. The van der Waals surface area contributed by atoms with E-state index in [1.807, 2.05) is 12.1 Å². The van der Waals surface area contributed by atoms with Crippen LogP contribution in [0.4, 0.5) is 11.6 Å². The molecule has 0 aromatic carbocycles. The normalized spacial score (nSPS) is 10.2. The van der Waals surface area contributed by atoms with E-state index < -0.39 is 9.85 Å². The average Bonchev–Trinajstić information content (AvgIpc) is 3.39. The molecule has 0 saturated heterocycles. The zero-order valence-corrected chi connectivity index (χ0v) is 19.1. The van der Waals surface area contributed by atoms with Gasteiger partial charge < -0.3 is 20.2 Å². The second-order valence-electron chi connectivity index (χ2n) is 5.42. The van der Waals surface area contributed by atoms with Crippen molar-refractivity contribution in [2.75, 3.05) is 0 Å². The van der Waals surface area contributed by atoms with E-state index in [1.54, 1.807) is 24.5 Å². The summed E-state index contributed by atoms with van der Waals surface area (Å²) in [7, 11) is 0. The summed E-state index contributed by atoms with van der Waals surface area (Å²) >= 11 is 4.27. The molecule has 14 heteroatoms. The van der Waals surface area contributed by atoms with Gasteiger partial charge in [-0.1, -0.05) is 0 Å². The number of hydrogen-bond acceptors (Lipinski definition) is 8. The minimum Gasteiger partial charge on any atom is -0.358 e. The lowest BCUT2D eigenvalue weighted by atomic mass is 10.5. The van der Waals surface area contributed by atoms with Gasteiger partial charge >= 0.3 is 11.6 Å². The molecule has 0 atom stereocenters. The van der Waals surface area contributed by atoms with E-state index in [-0.39, 0.29) is 11.6 Å². The summed E-state index contributed by atoms with van der Waals surface area (Å²) in [5.74, 6) is 0.760. The Balaban J connectivity index is 0.000000171. The van der Waals surface area contributed by atoms with Gasteiger partial charge in [0.25, 0.3) is 0 Å². The Bertz CT molecular complexity index is 1120. The van der Waals surface area contributed by atoms with E-state index in [0.29, 0.717) is 11.6 Å². The Morgan fingerprint density at radius 2 is 1.13 bits per heavy atom. The molecular formula is C16H10I2N8O4. The van der Waals surface area contributed by atoms with Gasteiger partial charge in [-0.15, -0.1) is 9.36 Å². The first kappa shape index (κ1) is 21.7. The molecule has 0 aliphatic heterocycles. The highest BCUT2D eigenvalue weighted by Gasteiger charge is 2.13. The third kappa shape index (κ3) is 5.53. The zero-order valence-electron chi connectivity index (χ0n) is 14.7. The van der Waals surface area contributed by atoms with E-state index in [9.17, 15) is 20.2 Å². The summed E-state index contributed by atoms with van der Waals surface area (Å²) in [6, 6.07) is 9.92. The van der Waals surface area contributed by atoms with Crippen LogP contribution in [-0.4, -0.2) is 39.4 Å². The Hall–Kier alpha value is -3.02. The van der Waals surface area contributed by atoms with Gasteiger partial charge in [0.15, 0.2) is 11.6 Å². The Morgan fingerprint density at radius 3 is 1.43 bits per heavy atom. The van der Waals surface area contributed by atoms with E-state index in [0.717, 1.165) is 7.14 Å². The predicted molar refractivity (Wildman–Crippen MR) is 121 cm³/mol. The molecule has 0 aliphatic carbocycles. The lowest BCUT2D eigenvalue weighted by Gasteiger charge is -1.95. The minimum atomic E-state index is -0.537. The molecule has 30 heavy (non-hydrogen) atoms. The quantitative estimate of drug-likeness (QED) is 0.189. The van der Waals surface area contributed by atoms with Gasteiger partial charge in [0, 0.05) is 19.5 Å². The molecule has 0 N–H and O–H groups in total. The molecule has 0 aliphatic rings. The molecule has 0 saturated carbocycles. The molecule has 0 radical (unpaired) electrons. The second kappa shape index (κ2) is 9.65. The summed E-state index contributed by atoms with van der Waals surface area (Å²) in [5, 5.41) is 28.4. The van der Waals surface area contributed by atoms with Crippen LogP contribution < -0.4 is 0 Å². The van der Waals surface area contributed by atoms with E-state index in [4.69, 9.17) is 0 Å². The number of nitrogens with zero attached hydrogens (tertiary/aromatic N) is 8. The molecule has 152 valence electrons. The molecule has 0 unspecified atom stereocenters. The van der Waals surface area contributed by atoms with Crippen LogP contribution in [0.15, 0.2) is 61.2 Å². The SMILES string of the molecule is O=[N+]([O-])c1ccn(-c2cc(I)ccn2)n1.O=[N+]([O-])c1ccn(-c2cc(I)ccn2)n1. The Labute approximate surface area is 195 Å². The van der Waals surface area contributed by atoms with Crippen LogP contribution in [0.2, 0.25) is 0 Å². The van der Waals surface area contributed by atoms with Gasteiger partial charge in [0.05, 0.1) is 34.7 Å². The van der Waals surface area contributed by atoms with Gasteiger partial charge in [-0.25, -0.2) is 9.97 Å². The fourth-order valence-corrected chi connectivity index (χ4v) is 2.99. The van der Waals surface area contributed by atoms with Crippen LogP contribution in [0.3, 0.4) is 0 Å². The maximum Gasteiger partial charge on any atom is 0.390 e. The van der Waals surface area contributed by atoms with Crippen molar-refractivity contribution in [2.45, 2.75) is 0 Å². The largest absolute Gasteiger partial charge is 0.390 e. The number of nitro groups is 2. The van der Waals surface area contributed by atoms with Crippen LogP contribution in [0.25, 0.3) is 11.6 Å². The van der Waals surface area contributed by atoms with Crippen LogP contribution in [0, 0.1) is 27.4 Å². The predicted octanol–water partition coefficient (Wildman–Crippen LogP) is 3.56. The molecule has 4 rings (SSSR count). The van der Waals surface area contributed by atoms with Crippen molar-refractivity contribution < 1.29 is 9.85 Å². The van der Waals surface area contributed by atoms with Gasteiger partial charge in [0.1, 0.15) is 0 Å². The smallest absolute Gasteiger partial charge is 0.358 e. The van der Waals surface area contributed by atoms with E-state index in [1.165, 1.54) is 33.9 Å². The molecule has 12 nitrogen and oxygen atoms in total. The highest BCUT2D eigenvalue weighted by molar-refractivity contribution is 14.1. The number of aromatic nitrogens is 6. The van der Waals surface area contributed by atoms with Crippen LogP contribution in [0.5, 0.6) is 0 Å². The number of hydrogen-bond donors (Lipinski definition) is 0. The zero-order chi connectivity index (χ0) is 21.7. The van der Waals surface area contributed by atoms with E-state index in [2.05, 4.69) is 65.3 Å². The molecule has 4 aromatic heterocycles. The summed E-state index contributed by atoms with van der Waals surface area (Å²) in [4.78, 5) is 27.9. The molecule has 0 amide bonds. The van der Waals surface area contributed by atoms with Crippen molar-refractivity contribution in [2.24, 2.45) is 0 Å². The lowest BCUT2D eigenvalue weighted by Crippen LogP contribution is -1.99. The lowest BCUT2D eigenvalue weighted by molar-refractivity contribution is -0.389. The third-order valence-corrected chi connectivity index (χ3v) is 4.75. The average molecular weight is 632 g/mol. The molecular weight excluding hydrogens is 622 g/mol. The molecule has 4 heterocycles. The Kier molecular flexibility index (Phi) is 6.98. The van der Waals surface area contributed by atoms with Crippen LogP contribution in [0.1, 0.15) is 0 Å². The first-order valence-electron chi connectivity index (χ1n) is 7.97. The first-order chi connectivity index (χ1) is 14.3. The fourth-order valence-electron chi connectivity index (χ4n) is 2.12. The summed E-state index contributed by atoms with van der Waals surface area (Å²) < 4.78 is 4.74. The summed E-state index contributed by atoms with van der Waals surface area (Å²) in [6.45, 7) is 0. The maximum absolute atomic E-state index is 10.4. The maximum atomic E-state index is 10.4. The van der Waals surface area contributed by atoms with Crippen LogP contribution in [-0.2, 0) is 0 Å². The van der Waals surface area contributed by atoms with Crippen molar-refractivity contribution in [1.82, 2.24) is 29.5 Å². The number of rotatable bonds is 4. The minimum absolute atomic E-state index is 0.185. The number of pyridine rings is 2. The Morgan fingerprint density at radius 1 is 0.733 bits per heavy atom. The van der Waals surface area contributed by atoms with Gasteiger partial charge in [-0.2, -0.15) is 0 Å². The van der Waals surface area contributed by atoms with E-state index >= 15 is 0 Å². The van der Waals surface area contributed by atoms with Gasteiger partial charge in [0.2, 0.25) is 0 Å². The molecule has 0 spiro atoms. The van der Waals surface area contributed by atoms with Gasteiger partial charge in [-0.05, 0) is 79.3 Å². The monoisotopic (exact) mass is 632 g/mol. The summed E-state index contributed by atoms with van der Waals surface area (Å²) in [6.07, 6.45) is 6.28. The van der Waals surface area contributed by atoms with Crippen molar-refractivity contribution in [1.29, 1.82) is 0 Å². The fraction of sp³-hybridized carbons (Fsp3) is 0. The standard InChI is InChI=1S/2C8H5IN4O2/c2*9-6-1-3-10-8(5-6)12-4-2-7(11-12)13(14)15/h2*1-5H. The highest BCUT2D eigenvalue weighted by atomic mass is 127. The summed E-state index contributed by atoms with van der Waals surface area (Å²) in [5.41, 5.74) is 0. The highest BCUT2D eigenvalue weighted by Crippen LogP contribution is 2.13. The van der Waals surface area contributed by atoms with Gasteiger partial charge in [-0.3, -0.25) is 0 Å². The van der Waals surface area contributed by atoms with Crippen molar-refractivity contribution >= 4 is 56.8 Å². The molecule has 0 fully saturated rings. The van der Waals surface area contributed by atoms with Crippen LogP contribution >= 0.6 is 45.2 Å². The molecule has 0 bridgehead atoms. The van der Waals surface area contributed by atoms with Crippen molar-refractivity contribution in [3.8, 4) is 11.6 Å². The number of halogens is 2. The second-order valence-corrected chi connectivity index (χ2v) is 7.91.